The molecular weight excluding hydrogens is 372 g/mol. The number of hydrogen-bond acceptors (Lipinski definition) is 5. The molecule has 9 heteroatoms. The summed E-state index contributed by atoms with van der Waals surface area (Å²) in [5, 5.41) is 5.99. The van der Waals surface area contributed by atoms with Gasteiger partial charge < -0.3 is 20.6 Å². The summed E-state index contributed by atoms with van der Waals surface area (Å²) in [6, 6.07) is 5.23. The van der Waals surface area contributed by atoms with E-state index in [1.54, 1.807) is 18.2 Å². The average Bonchev–Trinajstić information content (AvgIpc) is 3.45. The van der Waals surface area contributed by atoms with Crippen molar-refractivity contribution >= 4 is 28.5 Å². The summed E-state index contributed by atoms with van der Waals surface area (Å²) in [5.74, 6) is 0.0140. The highest BCUT2D eigenvalue weighted by molar-refractivity contribution is 5.96. The fourth-order valence-corrected chi connectivity index (χ4v) is 3.75. The van der Waals surface area contributed by atoms with Gasteiger partial charge in [-0.15, -0.1) is 0 Å². The summed E-state index contributed by atoms with van der Waals surface area (Å²) >= 11 is 0. The maximum Gasteiger partial charge on any atom is 0.323 e. The molecule has 2 fully saturated rings. The fourth-order valence-electron chi connectivity index (χ4n) is 3.75. The predicted octanol–water partition coefficient (Wildman–Crippen LogP) is 0.468. The molecule has 1 aliphatic carbocycles. The number of nitrogens with one attached hydrogen (secondary N) is 4. The standard InChI is InChI=1S/C20H28N6O3/c1-12(18(27)21-14-3-4-14)25-7-9-26(10-8-25)13(2)19(28)22-15-5-6-16-17(11-15)24-20(29)23-16/h5-6,11-14H,3-4,7-10H2,1-2H3,(H,21,27)(H,22,28)(H2,23,24,29)/t12-,13-/m1/s1. The van der Waals surface area contributed by atoms with Gasteiger partial charge in [-0.3, -0.25) is 19.4 Å². The van der Waals surface area contributed by atoms with Crippen LogP contribution in [0.5, 0.6) is 0 Å². The first-order chi connectivity index (χ1) is 13.9. The molecule has 1 aromatic carbocycles. The first-order valence-electron chi connectivity index (χ1n) is 10.2. The number of fused-ring (bicyclic) bond motifs is 1. The van der Waals surface area contributed by atoms with E-state index in [2.05, 4.69) is 30.4 Å². The van der Waals surface area contributed by atoms with Gasteiger partial charge in [-0.2, -0.15) is 0 Å². The maximum absolute atomic E-state index is 12.7. The Bertz CT molecular complexity index is 955. The summed E-state index contributed by atoms with van der Waals surface area (Å²) < 4.78 is 0. The smallest absolute Gasteiger partial charge is 0.323 e. The Morgan fingerprint density at radius 1 is 0.966 bits per heavy atom. The van der Waals surface area contributed by atoms with E-state index in [1.807, 2.05) is 13.8 Å². The van der Waals surface area contributed by atoms with Gasteiger partial charge in [0.15, 0.2) is 0 Å². The summed E-state index contributed by atoms with van der Waals surface area (Å²) in [6.45, 7) is 6.83. The average molecular weight is 400 g/mol. The van der Waals surface area contributed by atoms with Crippen LogP contribution in [0.3, 0.4) is 0 Å². The second-order valence-electron chi connectivity index (χ2n) is 8.04. The molecule has 0 spiro atoms. The van der Waals surface area contributed by atoms with E-state index >= 15 is 0 Å². The van der Waals surface area contributed by atoms with E-state index < -0.39 is 0 Å². The first kappa shape index (κ1) is 19.7. The normalized spacial score (nSPS) is 20.3. The van der Waals surface area contributed by atoms with Crippen LogP contribution in [-0.4, -0.2) is 75.9 Å². The number of aromatic nitrogens is 2. The first-order valence-corrected chi connectivity index (χ1v) is 10.2. The minimum absolute atomic E-state index is 0.0878. The lowest BCUT2D eigenvalue weighted by molar-refractivity contribution is -0.128. The number of benzene rings is 1. The zero-order valence-electron chi connectivity index (χ0n) is 16.8. The van der Waals surface area contributed by atoms with Crippen LogP contribution in [0.15, 0.2) is 23.0 Å². The zero-order chi connectivity index (χ0) is 20.5. The van der Waals surface area contributed by atoms with Crippen molar-refractivity contribution in [2.24, 2.45) is 0 Å². The summed E-state index contributed by atoms with van der Waals surface area (Å²) in [7, 11) is 0. The Kier molecular flexibility index (Phi) is 5.42. The predicted molar refractivity (Wildman–Crippen MR) is 111 cm³/mol. The van der Waals surface area contributed by atoms with Gasteiger partial charge in [-0.1, -0.05) is 0 Å². The van der Waals surface area contributed by atoms with Gasteiger partial charge in [-0.05, 0) is 44.9 Å². The molecule has 1 saturated heterocycles. The number of amides is 2. The van der Waals surface area contributed by atoms with Crippen molar-refractivity contribution in [1.82, 2.24) is 25.1 Å². The summed E-state index contributed by atoms with van der Waals surface area (Å²) in [4.78, 5) is 46.0. The van der Waals surface area contributed by atoms with E-state index in [1.165, 1.54) is 0 Å². The Balaban J connectivity index is 1.29. The van der Waals surface area contributed by atoms with Crippen molar-refractivity contribution in [2.45, 2.75) is 44.8 Å². The Morgan fingerprint density at radius 3 is 2.17 bits per heavy atom. The Morgan fingerprint density at radius 2 is 1.55 bits per heavy atom. The molecule has 2 heterocycles. The molecule has 156 valence electrons. The van der Waals surface area contributed by atoms with Crippen LogP contribution in [0.4, 0.5) is 5.69 Å². The van der Waals surface area contributed by atoms with E-state index in [4.69, 9.17) is 0 Å². The lowest BCUT2D eigenvalue weighted by Gasteiger charge is -2.39. The van der Waals surface area contributed by atoms with Crippen molar-refractivity contribution in [3.63, 3.8) is 0 Å². The molecule has 1 saturated carbocycles. The molecule has 0 radical (unpaired) electrons. The summed E-state index contributed by atoms with van der Waals surface area (Å²) in [5.41, 5.74) is 1.74. The van der Waals surface area contributed by atoms with Crippen LogP contribution < -0.4 is 16.3 Å². The maximum atomic E-state index is 12.7. The van der Waals surface area contributed by atoms with Crippen molar-refractivity contribution in [1.29, 1.82) is 0 Å². The van der Waals surface area contributed by atoms with Gasteiger partial charge in [0, 0.05) is 37.9 Å². The second-order valence-corrected chi connectivity index (χ2v) is 8.04. The SMILES string of the molecule is C[C@H](C(=O)Nc1ccc2[nH]c(=O)[nH]c2c1)N1CCN([C@H](C)C(=O)NC2CC2)CC1. The highest BCUT2D eigenvalue weighted by Crippen LogP contribution is 2.20. The molecule has 2 amide bonds. The van der Waals surface area contributed by atoms with Crippen molar-refractivity contribution < 1.29 is 9.59 Å². The van der Waals surface area contributed by atoms with Crippen molar-refractivity contribution in [3.8, 4) is 0 Å². The molecule has 9 nitrogen and oxygen atoms in total. The van der Waals surface area contributed by atoms with E-state index in [0.29, 0.717) is 22.8 Å². The van der Waals surface area contributed by atoms with Crippen LogP contribution >= 0.6 is 0 Å². The number of anilines is 1. The molecule has 29 heavy (non-hydrogen) atoms. The Hall–Kier alpha value is -2.65. The zero-order valence-corrected chi connectivity index (χ0v) is 16.8. The summed E-state index contributed by atoms with van der Waals surface area (Å²) in [6.07, 6.45) is 2.18. The third-order valence-electron chi connectivity index (χ3n) is 5.91. The third kappa shape index (κ3) is 4.51. The van der Waals surface area contributed by atoms with E-state index in [9.17, 15) is 14.4 Å². The van der Waals surface area contributed by atoms with Crippen molar-refractivity contribution in [3.05, 3.63) is 28.7 Å². The van der Waals surface area contributed by atoms with Gasteiger partial charge in [-0.25, -0.2) is 4.79 Å². The minimum atomic E-state index is -0.284. The number of H-pyrrole nitrogens is 2. The van der Waals surface area contributed by atoms with E-state index in [-0.39, 0.29) is 29.6 Å². The highest BCUT2D eigenvalue weighted by atomic mass is 16.2. The molecule has 2 aliphatic rings. The van der Waals surface area contributed by atoms with E-state index in [0.717, 1.165) is 39.0 Å². The lowest BCUT2D eigenvalue weighted by Crippen LogP contribution is -2.57. The molecular formula is C20H28N6O3. The topological polar surface area (TPSA) is 113 Å². The quantitative estimate of drug-likeness (QED) is 0.563. The highest BCUT2D eigenvalue weighted by Gasteiger charge is 2.32. The largest absolute Gasteiger partial charge is 0.352 e. The molecule has 0 bridgehead atoms. The molecule has 4 rings (SSSR count). The number of carbonyl (C=O) groups excluding carboxylic acids is 2. The second kappa shape index (κ2) is 8.00. The third-order valence-corrected chi connectivity index (χ3v) is 5.91. The van der Waals surface area contributed by atoms with Gasteiger partial charge in [0.2, 0.25) is 11.8 Å². The molecule has 4 N–H and O–H groups in total. The number of imidazole rings is 1. The lowest BCUT2D eigenvalue weighted by atomic mass is 10.1. The van der Waals surface area contributed by atoms with Crippen molar-refractivity contribution in [2.75, 3.05) is 31.5 Å². The number of carbonyl (C=O) groups is 2. The number of piperazine rings is 1. The van der Waals surface area contributed by atoms with Gasteiger partial charge >= 0.3 is 5.69 Å². The van der Waals surface area contributed by atoms with Gasteiger partial charge in [0.1, 0.15) is 0 Å². The van der Waals surface area contributed by atoms with Crippen LogP contribution in [0.25, 0.3) is 11.0 Å². The molecule has 2 aromatic rings. The van der Waals surface area contributed by atoms with Crippen LogP contribution in [0.1, 0.15) is 26.7 Å². The van der Waals surface area contributed by atoms with Crippen LogP contribution in [0.2, 0.25) is 0 Å². The Labute approximate surface area is 168 Å². The number of aromatic amines is 2. The molecule has 1 aliphatic heterocycles. The van der Waals surface area contributed by atoms with Crippen LogP contribution in [0, 0.1) is 0 Å². The fraction of sp³-hybridized carbons (Fsp3) is 0.550. The molecule has 1 aromatic heterocycles. The van der Waals surface area contributed by atoms with Gasteiger partial charge in [0.05, 0.1) is 23.1 Å². The van der Waals surface area contributed by atoms with Gasteiger partial charge in [0.25, 0.3) is 0 Å². The molecule has 2 atom stereocenters. The number of rotatable bonds is 6. The minimum Gasteiger partial charge on any atom is -0.352 e. The molecule has 0 unspecified atom stereocenters. The monoisotopic (exact) mass is 400 g/mol. The number of nitrogens with zero attached hydrogens (tertiary/aromatic N) is 2. The van der Waals surface area contributed by atoms with Crippen LogP contribution in [-0.2, 0) is 9.59 Å². The number of hydrogen-bond donors (Lipinski definition) is 4.